The first-order chi connectivity index (χ1) is 7.53. The van der Waals surface area contributed by atoms with Crippen LogP contribution in [0, 0.1) is 0 Å². The van der Waals surface area contributed by atoms with E-state index in [0.29, 0.717) is 6.07 Å². The van der Waals surface area contributed by atoms with Crippen molar-refractivity contribution in [1.29, 1.82) is 0 Å². The molecular weight excluding hydrogens is 257 g/mol. The van der Waals surface area contributed by atoms with Crippen molar-refractivity contribution >= 4 is 10.1 Å². The van der Waals surface area contributed by atoms with Gasteiger partial charge in [-0.15, -0.1) is 0 Å². The summed E-state index contributed by atoms with van der Waals surface area (Å²) < 4.78 is 68.4. The van der Waals surface area contributed by atoms with Gasteiger partial charge in [0.1, 0.15) is 0 Å². The van der Waals surface area contributed by atoms with Crippen molar-refractivity contribution in [2.75, 3.05) is 0 Å². The summed E-state index contributed by atoms with van der Waals surface area (Å²) in [7, 11) is -4.63. The molecule has 0 bridgehead atoms. The quantitative estimate of drug-likeness (QED) is 0.839. The van der Waals surface area contributed by atoms with Crippen LogP contribution in [-0.4, -0.2) is 13.0 Å². The molecule has 0 heterocycles. The average molecular weight is 268 g/mol. The maximum atomic E-state index is 12.7. The number of rotatable bonds is 2. The van der Waals surface area contributed by atoms with Gasteiger partial charge in [0, 0.05) is 0 Å². The molecule has 17 heavy (non-hydrogen) atoms. The van der Waals surface area contributed by atoms with Gasteiger partial charge in [-0.2, -0.15) is 21.6 Å². The summed E-state index contributed by atoms with van der Waals surface area (Å²) in [5, 5.41) is 0. The van der Waals surface area contributed by atoms with Gasteiger partial charge in [-0.3, -0.25) is 4.55 Å². The Labute approximate surface area is 97.0 Å². The van der Waals surface area contributed by atoms with Crippen molar-refractivity contribution in [2.24, 2.45) is 0 Å². The first-order valence-corrected chi connectivity index (χ1v) is 6.16. The second-order valence-electron chi connectivity index (χ2n) is 3.88. The van der Waals surface area contributed by atoms with Crippen molar-refractivity contribution in [1.82, 2.24) is 0 Å². The molecule has 0 atom stereocenters. The van der Waals surface area contributed by atoms with E-state index >= 15 is 0 Å². The lowest BCUT2D eigenvalue weighted by molar-refractivity contribution is -0.138. The number of hydrogen-bond donors (Lipinski definition) is 1. The van der Waals surface area contributed by atoms with Crippen molar-refractivity contribution < 1.29 is 26.1 Å². The van der Waals surface area contributed by atoms with Crippen LogP contribution in [0.4, 0.5) is 13.2 Å². The molecule has 0 unspecified atom stereocenters. The van der Waals surface area contributed by atoms with Gasteiger partial charge in [0.15, 0.2) is 0 Å². The standard InChI is InChI=1S/C10H11F3O3S/c1-6(2)8-4-3-7(17(14,15)16)5-9(8)10(11,12)13/h3-6H,1-2H3,(H,14,15,16). The predicted molar refractivity (Wildman–Crippen MR) is 55.3 cm³/mol. The van der Waals surface area contributed by atoms with Gasteiger partial charge in [0.2, 0.25) is 0 Å². The van der Waals surface area contributed by atoms with Crippen LogP contribution in [0.1, 0.15) is 30.9 Å². The first kappa shape index (κ1) is 14.0. The maximum absolute atomic E-state index is 12.7. The fourth-order valence-electron chi connectivity index (χ4n) is 1.44. The Balaban J connectivity index is 3.51. The molecule has 1 N–H and O–H groups in total. The normalized spacial score (nSPS) is 13.1. The molecule has 0 saturated carbocycles. The van der Waals surface area contributed by atoms with Crippen LogP contribution >= 0.6 is 0 Å². The van der Waals surface area contributed by atoms with Crippen LogP contribution in [0.5, 0.6) is 0 Å². The van der Waals surface area contributed by atoms with E-state index in [9.17, 15) is 21.6 Å². The van der Waals surface area contributed by atoms with E-state index < -0.39 is 32.7 Å². The summed E-state index contributed by atoms with van der Waals surface area (Å²) in [4.78, 5) is -0.755. The molecule has 1 rings (SSSR count). The van der Waals surface area contributed by atoms with E-state index in [1.807, 2.05) is 0 Å². The van der Waals surface area contributed by atoms with E-state index in [0.717, 1.165) is 12.1 Å². The Bertz CT molecular complexity index is 518. The average Bonchev–Trinajstić information content (AvgIpc) is 2.14. The van der Waals surface area contributed by atoms with E-state index in [1.54, 1.807) is 13.8 Å². The van der Waals surface area contributed by atoms with E-state index in [4.69, 9.17) is 4.55 Å². The molecule has 0 aromatic heterocycles. The third-order valence-electron chi connectivity index (χ3n) is 2.25. The highest BCUT2D eigenvalue weighted by molar-refractivity contribution is 7.85. The minimum atomic E-state index is -4.65. The second kappa shape index (κ2) is 4.30. The third kappa shape index (κ3) is 3.19. The highest BCUT2D eigenvalue weighted by atomic mass is 32.2. The van der Waals surface area contributed by atoms with Crippen molar-refractivity contribution in [2.45, 2.75) is 30.8 Å². The highest BCUT2D eigenvalue weighted by Crippen LogP contribution is 2.36. The summed E-state index contributed by atoms with van der Waals surface area (Å²) >= 11 is 0. The number of benzene rings is 1. The Morgan fingerprint density at radius 3 is 2.12 bits per heavy atom. The van der Waals surface area contributed by atoms with Crippen LogP contribution in [0.15, 0.2) is 23.1 Å². The molecule has 1 aromatic carbocycles. The zero-order valence-electron chi connectivity index (χ0n) is 9.12. The molecule has 0 radical (unpaired) electrons. The van der Waals surface area contributed by atoms with Gasteiger partial charge in [-0.1, -0.05) is 19.9 Å². The summed E-state index contributed by atoms with van der Waals surface area (Å²) in [5.74, 6) is -0.401. The van der Waals surface area contributed by atoms with Gasteiger partial charge in [-0.25, -0.2) is 0 Å². The van der Waals surface area contributed by atoms with Crippen molar-refractivity contribution in [3.05, 3.63) is 29.3 Å². The number of hydrogen-bond acceptors (Lipinski definition) is 2. The van der Waals surface area contributed by atoms with E-state index in [2.05, 4.69) is 0 Å². The molecule has 7 heteroatoms. The van der Waals surface area contributed by atoms with Gasteiger partial charge >= 0.3 is 6.18 Å². The molecular formula is C10H11F3O3S. The Kier molecular flexibility index (Phi) is 3.54. The number of alkyl halides is 3. The predicted octanol–water partition coefficient (Wildman–Crippen LogP) is 3.08. The molecule has 0 fully saturated rings. The van der Waals surface area contributed by atoms with Gasteiger partial charge in [-0.05, 0) is 23.6 Å². The lowest BCUT2D eigenvalue weighted by Crippen LogP contribution is -2.12. The van der Waals surface area contributed by atoms with E-state index in [1.165, 1.54) is 0 Å². The molecule has 3 nitrogen and oxygen atoms in total. The van der Waals surface area contributed by atoms with Crippen LogP contribution in [-0.2, 0) is 16.3 Å². The minimum Gasteiger partial charge on any atom is -0.282 e. The Morgan fingerprint density at radius 1 is 1.24 bits per heavy atom. The van der Waals surface area contributed by atoms with Gasteiger partial charge < -0.3 is 0 Å². The lowest BCUT2D eigenvalue weighted by Gasteiger charge is -2.16. The summed E-state index contributed by atoms with van der Waals surface area (Å²) in [6.07, 6.45) is -4.65. The highest BCUT2D eigenvalue weighted by Gasteiger charge is 2.35. The molecule has 96 valence electrons. The lowest BCUT2D eigenvalue weighted by atomic mass is 9.97. The van der Waals surface area contributed by atoms with Gasteiger partial charge in [0.25, 0.3) is 10.1 Å². The Morgan fingerprint density at radius 2 is 1.76 bits per heavy atom. The SMILES string of the molecule is CC(C)c1ccc(S(=O)(=O)O)cc1C(F)(F)F. The Hall–Kier alpha value is -1.08. The smallest absolute Gasteiger partial charge is 0.282 e. The number of halogens is 3. The van der Waals surface area contributed by atoms with Crippen molar-refractivity contribution in [3.63, 3.8) is 0 Å². The molecule has 1 aromatic rings. The summed E-state index contributed by atoms with van der Waals surface area (Å²) in [6, 6.07) is 2.47. The first-order valence-electron chi connectivity index (χ1n) is 4.72. The third-order valence-corrected chi connectivity index (χ3v) is 3.10. The maximum Gasteiger partial charge on any atom is 0.416 e. The minimum absolute atomic E-state index is 0.00935. The van der Waals surface area contributed by atoms with Gasteiger partial charge in [0.05, 0.1) is 10.5 Å². The second-order valence-corrected chi connectivity index (χ2v) is 5.30. The van der Waals surface area contributed by atoms with Crippen LogP contribution in [0.2, 0.25) is 0 Å². The topological polar surface area (TPSA) is 54.4 Å². The molecule has 0 aliphatic heterocycles. The largest absolute Gasteiger partial charge is 0.416 e. The van der Waals surface area contributed by atoms with Crippen molar-refractivity contribution in [3.8, 4) is 0 Å². The summed E-state index contributed by atoms with van der Waals surface area (Å²) in [5.41, 5.74) is -1.05. The van der Waals surface area contributed by atoms with Crippen LogP contribution in [0.25, 0.3) is 0 Å². The zero-order chi connectivity index (χ0) is 13.4. The van der Waals surface area contributed by atoms with Crippen LogP contribution in [0.3, 0.4) is 0 Å². The van der Waals surface area contributed by atoms with E-state index in [-0.39, 0.29) is 5.56 Å². The molecule has 0 spiro atoms. The molecule has 0 saturated heterocycles. The molecule has 0 amide bonds. The molecule has 0 aliphatic carbocycles. The zero-order valence-corrected chi connectivity index (χ0v) is 9.93. The fraction of sp³-hybridized carbons (Fsp3) is 0.400. The monoisotopic (exact) mass is 268 g/mol. The summed E-state index contributed by atoms with van der Waals surface area (Å²) in [6.45, 7) is 3.13. The fourth-order valence-corrected chi connectivity index (χ4v) is 1.95. The molecule has 0 aliphatic rings. The van der Waals surface area contributed by atoms with Crippen LogP contribution < -0.4 is 0 Å².